The van der Waals surface area contributed by atoms with E-state index in [9.17, 15) is 24.3 Å². The maximum atomic E-state index is 14.8. The Bertz CT molecular complexity index is 2390. The van der Waals surface area contributed by atoms with Gasteiger partial charge < -0.3 is 29.3 Å². The van der Waals surface area contributed by atoms with Gasteiger partial charge in [-0.2, -0.15) is 0 Å². The van der Waals surface area contributed by atoms with Crippen LogP contribution in [-0.2, 0) is 47.2 Å². The minimum atomic E-state index is -0.906. The Kier molecular flexibility index (Phi) is 12.3. The van der Waals surface area contributed by atoms with E-state index < -0.39 is 12.2 Å². The molecule has 1 unspecified atom stereocenters. The van der Waals surface area contributed by atoms with Gasteiger partial charge >= 0.3 is 0 Å². The van der Waals surface area contributed by atoms with Crippen molar-refractivity contribution in [2.24, 2.45) is 7.05 Å². The molecule has 0 aliphatic carbocycles. The molecule has 13 heteroatoms. The average Bonchev–Trinajstić information content (AvgIpc) is 3.62. The second-order valence-corrected chi connectivity index (χ2v) is 16.3. The Morgan fingerprint density at radius 3 is 2.36 bits per heavy atom. The SMILES string of the molecule is C=CCN1CC(=O)N2C(CN(Cc3cccc4c(C(=O)Cc5ccc(N6CCN(CC)CC6)nc5)cn(C)c34)C(=O)[C@@H]2Cc2ccc(O)cc2)N1C(=O)CCc1ccccc1. The van der Waals surface area contributed by atoms with E-state index in [4.69, 9.17) is 4.98 Å². The number of aryl methyl sites for hydroxylation is 2. The first kappa shape index (κ1) is 41.4. The zero-order chi connectivity index (χ0) is 42.6. The Morgan fingerprint density at radius 1 is 0.902 bits per heavy atom. The summed E-state index contributed by atoms with van der Waals surface area (Å²) in [4.78, 5) is 70.0. The molecule has 3 aliphatic rings. The molecule has 3 aliphatic heterocycles. The lowest BCUT2D eigenvalue weighted by molar-refractivity contribution is -0.205. The van der Waals surface area contributed by atoms with Crippen molar-refractivity contribution in [3.63, 3.8) is 0 Å². The lowest BCUT2D eigenvalue weighted by atomic mass is 9.97. The number of benzene rings is 3. The molecule has 0 saturated carbocycles. The van der Waals surface area contributed by atoms with Crippen LogP contribution in [0.15, 0.2) is 110 Å². The molecule has 3 amide bonds. The number of aromatic hydroxyl groups is 1. The zero-order valence-electron chi connectivity index (χ0n) is 35.0. The number of phenols is 1. The second kappa shape index (κ2) is 18.1. The van der Waals surface area contributed by atoms with E-state index >= 15 is 0 Å². The molecule has 316 valence electrons. The van der Waals surface area contributed by atoms with Gasteiger partial charge in [0.05, 0.1) is 18.6 Å². The van der Waals surface area contributed by atoms with Crippen LogP contribution in [0.1, 0.15) is 46.0 Å². The molecule has 2 atom stereocenters. The fourth-order valence-electron chi connectivity index (χ4n) is 9.16. The lowest BCUT2D eigenvalue weighted by Crippen LogP contribution is -2.75. The molecule has 0 radical (unpaired) electrons. The number of hydrogen-bond acceptors (Lipinski definition) is 9. The number of phenolic OH excluding ortho intramolecular Hbond substituents is 1. The monoisotopic (exact) mass is 822 g/mol. The first-order chi connectivity index (χ1) is 29.6. The Labute approximate surface area is 357 Å². The molecule has 13 nitrogen and oxygen atoms in total. The number of likely N-dealkylation sites (N-methyl/N-ethyl adjacent to an activating group) is 1. The van der Waals surface area contributed by atoms with Crippen LogP contribution in [-0.4, -0.2) is 127 Å². The van der Waals surface area contributed by atoms with Gasteiger partial charge in [0, 0.05) is 88.9 Å². The summed E-state index contributed by atoms with van der Waals surface area (Å²) in [7, 11) is 1.91. The third kappa shape index (κ3) is 8.80. The van der Waals surface area contributed by atoms with E-state index in [1.165, 1.54) is 0 Å². The average molecular weight is 823 g/mol. The number of ketones is 1. The molecule has 5 heterocycles. The molecule has 3 fully saturated rings. The highest BCUT2D eigenvalue weighted by atomic mass is 16.3. The van der Waals surface area contributed by atoms with Gasteiger partial charge in [-0.25, -0.2) is 15.0 Å². The van der Waals surface area contributed by atoms with Crippen LogP contribution in [0.3, 0.4) is 0 Å². The number of pyridine rings is 1. The number of hydrazine groups is 1. The van der Waals surface area contributed by atoms with Crippen molar-refractivity contribution in [1.82, 2.24) is 34.3 Å². The summed E-state index contributed by atoms with van der Waals surface area (Å²) in [5, 5.41) is 14.2. The number of carbonyl (C=O) groups is 4. The number of Topliss-reactive ketones (excluding diaryl/α,β-unsaturated/α-hetero) is 1. The number of rotatable bonds is 14. The number of anilines is 1. The van der Waals surface area contributed by atoms with Gasteiger partial charge in [0.15, 0.2) is 5.78 Å². The van der Waals surface area contributed by atoms with Gasteiger partial charge in [0.2, 0.25) is 17.7 Å². The topological polar surface area (TPSA) is 126 Å². The van der Waals surface area contributed by atoms with Gasteiger partial charge in [-0.15, -0.1) is 6.58 Å². The highest BCUT2D eigenvalue weighted by Gasteiger charge is 2.51. The summed E-state index contributed by atoms with van der Waals surface area (Å²) in [5.74, 6) is 0.356. The largest absolute Gasteiger partial charge is 0.508 e. The predicted octanol–water partition coefficient (Wildman–Crippen LogP) is 4.83. The smallest absolute Gasteiger partial charge is 0.246 e. The van der Waals surface area contributed by atoms with Gasteiger partial charge in [-0.05, 0) is 53.4 Å². The number of piperazine rings is 2. The molecule has 5 aromatic rings. The highest BCUT2D eigenvalue weighted by molar-refractivity contribution is 6.09. The highest BCUT2D eigenvalue weighted by Crippen LogP contribution is 2.32. The van der Waals surface area contributed by atoms with E-state index in [-0.39, 0.29) is 74.7 Å². The maximum Gasteiger partial charge on any atom is 0.246 e. The Hall–Kier alpha value is -6.31. The quantitative estimate of drug-likeness (QED) is 0.124. The van der Waals surface area contributed by atoms with Crippen molar-refractivity contribution < 1.29 is 24.3 Å². The van der Waals surface area contributed by atoms with Gasteiger partial charge in [0.25, 0.3) is 0 Å². The van der Waals surface area contributed by atoms with Crippen LogP contribution in [0, 0.1) is 0 Å². The Morgan fingerprint density at radius 2 is 1.66 bits per heavy atom. The van der Waals surface area contributed by atoms with Crippen LogP contribution < -0.4 is 4.90 Å². The number of nitrogens with zero attached hydrogens (tertiary/aromatic N) is 8. The standard InChI is InChI=1S/C48H54N8O5/c1-4-22-54-33-46(60)55-41(27-35-14-18-38(57)19-15-35)48(61)53(32-44(55)56(54)45(59)21-17-34-10-7-6-8-11-34)30-37-12-9-13-39-40(31-50(3)47(37)39)42(58)28-36-16-20-43(49-29-36)52-25-23-51(5-2)24-26-52/h4,6-16,18-20,29,31,41,44,57H,1,5,17,21-28,30,32-33H2,2-3H3/t41-,44?/m0/s1. The summed E-state index contributed by atoms with van der Waals surface area (Å²) < 4.78 is 1.94. The minimum absolute atomic E-state index is 0.0276. The van der Waals surface area contributed by atoms with Crippen molar-refractivity contribution in [3.05, 3.63) is 138 Å². The molecular weight excluding hydrogens is 769 g/mol. The van der Waals surface area contributed by atoms with Crippen LogP contribution in [0.2, 0.25) is 0 Å². The normalized spacial score (nSPS) is 18.8. The minimum Gasteiger partial charge on any atom is -0.508 e. The molecule has 3 aromatic carbocycles. The van der Waals surface area contributed by atoms with Crippen molar-refractivity contribution in [1.29, 1.82) is 0 Å². The molecule has 1 N–H and O–H groups in total. The van der Waals surface area contributed by atoms with Crippen LogP contribution in [0.4, 0.5) is 5.82 Å². The maximum absolute atomic E-state index is 14.8. The first-order valence-corrected chi connectivity index (χ1v) is 21.2. The van der Waals surface area contributed by atoms with E-state index in [0.29, 0.717) is 12.0 Å². The van der Waals surface area contributed by atoms with Crippen molar-refractivity contribution in [3.8, 4) is 5.75 Å². The Balaban J connectivity index is 1.07. The van der Waals surface area contributed by atoms with Crippen LogP contribution >= 0.6 is 0 Å². The fraction of sp³-hybridized carbons (Fsp3) is 0.354. The van der Waals surface area contributed by atoms with Gasteiger partial charge in [-0.3, -0.25) is 19.2 Å². The number of amides is 3. The van der Waals surface area contributed by atoms with Gasteiger partial charge in [-0.1, -0.05) is 79.7 Å². The van der Waals surface area contributed by atoms with Crippen molar-refractivity contribution >= 4 is 40.2 Å². The second-order valence-electron chi connectivity index (χ2n) is 16.3. The third-order valence-corrected chi connectivity index (χ3v) is 12.3. The number of carbonyl (C=O) groups excluding carboxylic acids is 4. The van der Waals surface area contributed by atoms with Crippen LogP contribution in [0.5, 0.6) is 5.75 Å². The summed E-state index contributed by atoms with van der Waals surface area (Å²) in [6.45, 7) is 11.5. The predicted molar refractivity (Wildman–Crippen MR) is 235 cm³/mol. The summed E-state index contributed by atoms with van der Waals surface area (Å²) in [6.07, 6.45) is 5.70. The third-order valence-electron chi connectivity index (χ3n) is 12.3. The molecule has 2 aromatic heterocycles. The number of aromatic nitrogens is 2. The number of para-hydroxylation sites is 1. The van der Waals surface area contributed by atoms with Crippen LogP contribution in [0.25, 0.3) is 10.9 Å². The van der Waals surface area contributed by atoms with Gasteiger partial charge in [0.1, 0.15) is 23.8 Å². The summed E-state index contributed by atoms with van der Waals surface area (Å²) >= 11 is 0. The van der Waals surface area contributed by atoms with Crippen molar-refractivity contribution in [2.75, 3.05) is 57.3 Å². The number of fused-ring (bicyclic) bond motifs is 2. The molecule has 0 bridgehead atoms. The molecule has 61 heavy (non-hydrogen) atoms. The fourth-order valence-corrected chi connectivity index (χ4v) is 9.16. The summed E-state index contributed by atoms with van der Waals surface area (Å²) in [5.41, 5.74) is 4.90. The zero-order valence-corrected chi connectivity index (χ0v) is 35.0. The van der Waals surface area contributed by atoms with Crippen molar-refractivity contribution in [2.45, 2.75) is 51.4 Å². The van der Waals surface area contributed by atoms with E-state index in [2.05, 4.69) is 23.3 Å². The first-order valence-electron chi connectivity index (χ1n) is 21.2. The lowest BCUT2D eigenvalue weighted by Gasteiger charge is -2.55. The van der Waals surface area contributed by atoms with E-state index in [0.717, 1.165) is 71.7 Å². The number of hydrogen-bond donors (Lipinski definition) is 1. The molecule has 3 saturated heterocycles. The van der Waals surface area contributed by atoms with E-state index in [1.54, 1.807) is 56.4 Å². The molecular formula is C48H54N8O5. The summed E-state index contributed by atoms with van der Waals surface area (Å²) in [6, 6.07) is 25.4. The molecule has 0 spiro atoms. The molecule has 8 rings (SSSR count). The van der Waals surface area contributed by atoms with E-state index in [1.807, 2.05) is 78.5 Å².